The second-order valence-corrected chi connectivity index (χ2v) is 7.94. The molecular weight excluding hydrogens is 413 g/mol. The van der Waals surface area contributed by atoms with Gasteiger partial charge in [0.25, 0.3) is 0 Å². The van der Waals surface area contributed by atoms with Crippen LogP contribution in [0.25, 0.3) is 0 Å². The molecule has 3 atom stereocenters. The van der Waals surface area contributed by atoms with Crippen molar-refractivity contribution in [3.05, 3.63) is 0 Å². The summed E-state index contributed by atoms with van der Waals surface area (Å²) < 4.78 is 0. The Morgan fingerprint density at radius 3 is 2.42 bits per heavy atom. The van der Waals surface area contributed by atoms with Gasteiger partial charge in [-0.05, 0) is 65.1 Å². The molecule has 0 aromatic rings. The quantitative estimate of drug-likeness (QED) is 0.394. The largest absolute Gasteiger partial charge is 0.356 e. The highest BCUT2D eigenvalue weighted by atomic mass is 127. The second kappa shape index (κ2) is 9.57. The van der Waals surface area contributed by atoms with Gasteiger partial charge in [-0.15, -0.1) is 24.0 Å². The first kappa shape index (κ1) is 20.2. The standard InChI is InChI=1S/C18H35N5.HI/c1-19-18(20-12-14-6-5-9-22(2)13-14)21-15-10-16-7-4-8-17(11-15)23(16)3;/h14-17H,4-13H2,1-3H3,(H2,19,20,21);1H. The SMILES string of the molecule is CN=C(NCC1CCCN(C)C1)NC1CC2CCCC(C1)N2C.I. The van der Waals surface area contributed by atoms with Crippen molar-refractivity contribution < 1.29 is 0 Å². The molecule has 0 amide bonds. The number of fused-ring (bicyclic) bond motifs is 2. The van der Waals surface area contributed by atoms with E-state index in [1.165, 1.54) is 58.0 Å². The molecule has 0 aromatic carbocycles. The molecule has 3 aliphatic rings. The lowest BCUT2D eigenvalue weighted by atomic mass is 9.82. The lowest BCUT2D eigenvalue weighted by molar-refractivity contribution is 0.0526. The van der Waals surface area contributed by atoms with Crippen LogP contribution in [0.5, 0.6) is 0 Å². The summed E-state index contributed by atoms with van der Waals surface area (Å²) in [5.74, 6) is 1.76. The van der Waals surface area contributed by atoms with E-state index in [2.05, 4.69) is 39.5 Å². The molecule has 24 heavy (non-hydrogen) atoms. The van der Waals surface area contributed by atoms with Crippen LogP contribution in [0, 0.1) is 5.92 Å². The van der Waals surface area contributed by atoms with Gasteiger partial charge in [-0.25, -0.2) is 0 Å². The Hall–Kier alpha value is -0.0800. The van der Waals surface area contributed by atoms with Gasteiger partial charge in [-0.1, -0.05) is 6.42 Å². The van der Waals surface area contributed by atoms with E-state index in [-0.39, 0.29) is 24.0 Å². The maximum atomic E-state index is 4.47. The zero-order valence-electron chi connectivity index (χ0n) is 15.6. The average molecular weight is 449 g/mol. The van der Waals surface area contributed by atoms with Crippen molar-refractivity contribution in [2.75, 3.05) is 40.8 Å². The summed E-state index contributed by atoms with van der Waals surface area (Å²) in [6, 6.07) is 2.12. The molecule has 5 nitrogen and oxygen atoms in total. The van der Waals surface area contributed by atoms with E-state index in [1.807, 2.05) is 7.05 Å². The predicted octanol–water partition coefficient (Wildman–Crippen LogP) is 2.13. The average Bonchev–Trinajstić information content (AvgIpc) is 2.52. The highest BCUT2D eigenvalue weighted by Crippen LogP contribution is 2.32. The van der Waals surface area contributed by atoms with Crippen LogP contribution >= 0.6 is 24.0 Å². The van der Waals surface area contributed by atoms with Crippen LogP contribution < -0.4 is 10.6 Å². The van der Waals surface area contributed by atoms with Gasteiger partial charge in [0, 0.05) is 38.3 Å². The van der Waals surface area contributed by atoms with Crippen molar-refractivity contribution in [3.63, 3.8) is 0 Å². The minimum atomic E-state index is 0. The number of likely N-dealkylation sites (tertiary alicyclic amines) is 1. The first-order valence-corrected chi connectivity index (χ1v) is 9.53. The van der Waals surface area contributed by atoms with E-state index in [0.717, 1.165) is 30.5 Å². The van der Waals surface area contributed by atoms with Gasteiger partial charge < -0.3 is 20.4 Å². The molecule has 0 spiro atoms. The summed E-state index contributed by atoms with van der Waals surface area (Å²) in [5, 5.41) is 7.29. The van der Waals surface area contributed by atoms with E-state index in [1.54, 1.807) is 0 Å². The number of hydrogen-bond donors (Lipinski definition) is 2. The fraction of sp³-hybridized carbons (Fsp3) is 0.944. The van der Waals surface area contributed by atoms with Gasteiger partial charge in [0.05, 0.1) is 0 Å². The third-order valence-electron chi connectivity index (χ3n) is 6.18. The molecule has 6 heteroatoms. The van der Waals surface area contributed by atoms with Crippen molar-refractivity contribution in [1.82, 2.24) is 20.4 Å². The van der Waals surface area contributed by atoms with Crippen LogP contribution in [0.4, 0.5) is 0 Å². The number of piperidine rings is 3. The molecule has 0 radical (unpaired) electrons. The Morgan fingerprint density at radius 1 is 1.08 bits per heavy atom. The fourth-order valence-corrected chi connectivity index (χ4v) is 4.80. The van der Waals surface area contributed by atoms with Gasteiger partial charge in [0.2, 0.25) is 0 Å². The van der Waals surface area contributed by atoms with Crippen molar-refractivity contribution in [2.24, 2.45) is 10.9 Å². The third-order valence-corrected chi connectivity index (χ3v) is 6.18. The Balaban J connectivity index is 0.00000208. The van der Waals surface area contributed by atoms with Crippen molar-refractivity contribution in [2.45, 2.75) is 63.1 Å². The Bertz CT molecular complexity index is 402. The molecule has 0 saturated carbocycles. The molecule has 3 saturated heterocycles. The molecule has 3 rings (SSSR count). The van der Waals surface area contributed by atoms with Crippen LogP contribution in [0.15, 0.2) is 4.99 Å². The number of hydrogen-bond acceptors (Lipinski definition) is 3. The number of aliphatic imine (C=N–C) groups is 1. The Morgan fingerprint density at radius 2 is 1.79 bits per heavy atom. The summed E-state index contributed by atoms with van der Waals surface area (Å²) in [6.07, 6.45) is 9.34. The number of nitrogens with one attached hydrogen (secondary N) is 2. The van der Waals surface area contributed by atoms with Gasteiger partial charge >= 0.3 is 0 Å². The maximum absolute atomic E-state index is 4.47. The zero-order chi connectivity index (χ0) is 16.2. The zero-order valence-corrected chi connectivity index (χ0v) is 18.0. The van der Waals surface area contributed by atoms with E-state index in [9.17, 15) is 0 Å². The van der Waals surface area contributed by atoms with Crippen LogP contribution in [0.2, 0.25) is 0 Å². The van der Waals surface area contributed by atoms with Crippen LogP contribution in [-0.4, -0.2) is 74.7 Å². The number of rotatable bonds is 3. The third kappa shape index (κ3) is 5.21. The van der Waals surface area contributed by atoms with Gasteiger partial charge in [0.1, 0.15) is 0 Å². The summed E-state index contributed by atoms with van der Waals surface area (Å²) in [7, 11) is 6.45. The lowest BCUT2D eigenvalue weighted by Crippen LogP contribution is -2.57. The first-order chi connectivity index (χ1) is 11.2. The molecule has 3 aliphatic heterocycles. The fourth-order valence-electron chi connectivity index (χ4n) is 4.80. The van der Waals surface area contributed by atoms with Crippen molar-refractivity contribution in [3.8, 4) is 0 Å². The van der Waals surface area contributed by atoms with Crippen molar-refractivity contribution in [1.29, 1.82) is 0 Å². The molecule has 0 aromatic heterocycles. The minimum absolute atomic E-state index is 0. The van der Waals surface area contributed by atoms with Crippen LogP contribution in [0.3, 0.4) is 0 Å². The summed E-state index contributed by atoms with van der Waals surface area (Å²) >= 11 is 0. The highest BCUT2D eigenvalue weighted by molar-refractivity contribution is 14.0. The minimum Gasteiger partial charge on any atom is -0.356 e. The van der Waals surface area contributed by atoms with E-state index >= 15 is 0 Å². The van der Waals surface area contributed by atoms with E-state index in [0.29, 0.717) is 6.04 Å². The molecule has 2 bridgehead atoms. The second-order valence-electron chi connectivity index (χ2n) is 7.94. The molecule has 140 valence electrons. The molecule has 2 N–H and O–H groups in total. The number of nitrogens with zero attached hydrogens (tertiary/aromatic N) is 3. The van der Waals surface area contributed by atoms with Gasteiger partial charge in [-0.2, -0.15) is 0 Å². The lowest BCUT2D eigenvalue weighted by Gasteiger charge is -2.47. The number of guanidine groups is 1. The molecule has 0 aliphatic carbocycles. The Kier molecular flexibility index (Phi) is 8.07. The maximum Gasteiger partial charge on any atom is 0.191 e. The summed E-state index contributed by atoms with van der Waals surface area (Å²) in [4.78, 5) is 9.54. The smallest absolute Gasteiger partial charge is 0.191 e. The first-order valence-electron chi connectivity index (χ1n) is 9.53. The topological polar surface area (TPSA) is 42.9 Å². The van der Waals surface area contributed by atoms with Crippen LogP contribution in [0.1, 0.15) is 44.9 Å². The molecule has 3 unspecified atom stereocenters. The Labute approximate surface area is 165 Å². The molecular formula is C18H36IN5. The highest BCUT2D eigenvalue weighted by Gasteiger charge is 2.36. The van der Waals surface area contributed by atoms with Gasteiger partial charge in [-0.3, -0.25) is 4.99 Å². The van der Waals surface area contributed by atoms with Gasteiger partial charge in [0.15, 0.2) is 5.96 Å². The number of halogens is 1. The summed E-state index contributed by atoms with van der Waals surface area (Å²) in [6.45, 7) is 3.51. The summed E-state index contributed by atoms with van der Waals surface area (Å²) in [5.41, 5.74) is 0. The van der Waals surface area contributed by atoms with E-state index in [4.69, 9.17) is 0 Å². The monoisotopic (exact) mass is 449 g/mol. The van der Waals surface area contributed by atoms with E-state index < -0.39 is 0 Å². The molecule has 3 heterocycles. The van der Waals surface area contributed by atoms with Crippen LogP contribution in [-0.2, 0) is 0 Å². The normalized spacial score (nSPS) is 35.2. The predicted molar refractivity (Wildman–Crippen MR) is 112 cm³/mol. The molecule has 3 fully saturated rings. The van der Waals surface area contributed by atoms with Crippen molar-refractivity contribution >= 4 is 29.9 Å².